The molecule has 4 aliphatic carbocycles. The average molecular weight is 429 g/mol. The lowest BCUT2D eigenvalue weighted by atomic mass is 9.45. The van der Waals surface area contributed by atoms with Crippen molar-refractivity contribution in [3.05, 3.63) is 12.2 Å². The van der Waals surface area contributed by atoms with Gasteiger partial charge in [0.25, 0.3) is 0 Å². The summed E-state index contributed by atoms with van der Waals surface area (Å²) in [5.74, 6) is 7.07. The Hall–Kier alpha value is -0.300. The van der Waals surface area contributed by atoms with Gasteiger partial charge in [0.2, 0.25) is 0 Å². The van der Waals surface area contributed by atoms with Crippen molar-refractivity contribution < 1.29 is 5.11 Å². The molecule has 1 nitrogen and oxygen atoms in total. The molecule has 3 fully saturated rings. The predicted molar refractivity (Wildman–Crippen MR) is 133 cm³/mol. The van der Waals surface area contributed by atoms with Gasteiger partial charge in [0, 0.05) is 0 Å². The minimum atomic E-state index is -0.0948. The Labute approximate surface area is 193 Å². The third-order valence-corrected chi connectivity index (χ3v) is 11.9. The Morgan fingerprint density at radius 1 is 0.903 bits per heavy atom. The van der Waals surface area contributed by atoms with E-state index in [-0.39, 0.29) is 6.10 Å². The predicted octanol–water partition coefficient (Wildman–Crippen LogP) is 8.13. The summed E-state index contributed by atoms with van der Waals surface area (Å²) in [7, 11) is 0. The van der Waals surface area contributed by atoms with E-state index in [2.05, 4.69) is 60.6 Å². The van der Waals surface area contributed by atoms with Crippen LogP contribution in [0.5, 0.6) is 0 Å². The topological polar surface area (TPSA) is 20.2 Å². The maximum Gasteiger partial charge on any atom is 0.0571 e. The van der Waals surface area contributed by atoms with Gasteiger partial charge in [0.05, 0.1) is 6.10 Å². The Morgan fingerprint density at radius 2 is 1.58 bits per heavy atom. The molecule has 11 unspecified atom stereocenters. The summed E-state index contributed by atoms with van der Waals surface area (Å²) in [6.07, 6.45) is 17.4. The van der Waals surface area contributed by atoms with Gasteiger partial charge in [-0.15, -0.1) is 0 Å². The molecular formula is C30H52O. The van der Waals surface area contributed by atoms with Crippen LogP contribution in [0, 0.1) is 64.1 Å². The van der Waals surface area contributed by atoms with Crippen LogP contribution in [0.1, 0.15) is 106 Å². The summed E-state index contributed by atoms with van der Waals surface area (Å²) in [6, 6.07) is 0. The van der Waals surface area contributed by atoms with E-state index >= 15 is 0 Å². The van der Waals surface area contributed by atoms with Gasteiger partial charge in [-0.3, -0.25) is 0 Å². The maximum atomic E-state index is 10.5. The molecular weight excluding hydrogens is 376 g/mol. The molecule has 1 heteroatoms. The minimum Gasteiger partial charge on any atom is -0.393 e. The monoisotopic (exact) mass is 428 g/mol. The first-order chi connectivity index (χ1) is 14.6. The summed E-state index contributed by atoms with van der Waals surface area (Å²) in [5.41, 5.74) is 0.960. The van der Waals surface area contributed by atoms with E-state index in [1.54, 1.807) is 0 Å². The number of hydrogen-bond donors (Lipinski definition) is 1. The Kier molecular flexibility index (Phi) is 6.78. The van der Waals surface area contributed by atoms with Crippen molar-refractivity contribution >= 4 is 0 Å². The van der Waals surface area contributed by atoms with Crippen LogP contribution < -0.4 is 0 Å². The highest BCUT2D eigenvalue weighted by atomic mass is 16.3. The van der Waals surface area contributed by atoms with Crippen molar-refractivity contribution in [2.45, 2.75) is 112 Å². The number of allylic oxidation sites excluding steroid dienone is 2. The standard InChI is InChI=1S/C30H52O/c1-8-22(19(2)3)10-9-20(4)24-13-14-26-23-11-12-25-21(5)28(31)16-18-30(25,7)27(23)15-17-29(24,26)6/h11-12,19-28,31H,8-10,13-18H2,1-7H3. The van der Waals surface area contributed by atoms with Gasteiger partial charge in [-0.25, -0.2) is 0 Å². The molecule has 3 saturated carbocycles. The summed E-state index contributed by atoms with van der Waals surface area (Å²) in [4.78, 5) is 0. The number of aliphatic hydroxyl groups is 1. The average Bonchev–Trinajstić information content (AvgIpc) is 3.08. The van der Waals surface area contributed by atoms with Gasteiger partial charge in [-0.2, -0.15) is 0 Å². The van der Waals surface area contributed by atoms with Gasteiger partial charge in [0.15, 0.2) is 0 Å². The summed E-state index contributed by atoms with van der Waals surface area (Å²) < 4.78 is 0. The maximum absolute atomic E-state index is 10.5. The van der Waals surface area contributed by atoms with Crippen molar-refractivity contribution in [3.8, 4) is 0 Å². The van der Waals surface area contributed by atoms with E-state index in [0.717, 1.165) is 47.8 Å². The molecule has 0 bridgehead atoms. The minimum absolute atomic E-state index is 0.0948. The Bertz CT molecular complexity index is 651. The smallest absolute Gasteiger partial charge is 0.0571 e. The van der Waals surface area contributed by atoms with Crippen LogP contribution in [0.15, 0.2) is 12.2 Å². The van der Waals surface area contributed by atoms with E-state index < -0.39 is 0 Å². The first-order valence-corrected chi connectivity index (χ1v) is 14.0. The zero-order valence-electron chi connectivity index (χ0n) is 21.7. The second-order valence-corrected chi connectivity index (χ2v) is 13.4. The number of aliphatic hydroxyl groups excluding tert-OH is 1. The van der Waals surface area contributed by atoms with Gasteiger partial charge in [-0.05, 0) is 109 Å². The molecule has 4 aliphatic rings. The van der Waals surface area contributed by atoms with Crippen LogP contribution in [0.4, 0.5) is 0 Å². The van der Waals surface area contributed by atoms with Crippen LogP contribution in [-0.4, -0.2) is 11.2 Å². The molecule has 0 aromatic heterocycles. The summed E-state index contributed by atoms with van der Waals surface area (Å²) in [6.45, 7) is 17.4. The van der Waals surface area contributed by atoms with Gasteiger partial charge in [0.1, 0.15) is 0 Å². The largest absolute Gasteiger partial charge is 0.393 e. The molecule has 0 aromatic carbocycles. The Morgan fingerprint density at radius 3 is 2.26 bits per heavy atom. The Balaban J connectivity index is 1.50. The zero-order chi connectivity index (χ0) is 22.6. The zero-order valence-corrected chi connectivity index (χ0v) is 21.7. The molecule has 178 valence electrons. The molecule has 0 aromatic rings. The summed E-state index contributed by atoms with van der Waals surface area (Å²) >= 11 is 0. The highest BCUT2D eigenvalue weighted by Gasteiger charge is 2.60. The molecule has 31 heavy (non-hydrogen) atoms. The molecule has 0 amide bonds. The fourth-order valence-corrected chi connectivity index (χ4v) is 9.70. The fourth-order valence-electron chi connectivity index (χ4n) is 9.70. The first-order valence-electron chi connectivity index (χ1n) is 14.0. The van der Waals surface area contributed by atoms with Crippen LogP contribution >= 0.6 is 0 Å². The molecule has 0 radical (unpaired) electrons. The van der Waals surface area contributed by atoms with Crippen molar-refractivity contribution in [1.29, 1.82) is 0 Å². The second-order valence-electron chi connectivity index (χ2n) is 13.4. The normalized spacial score (nSPS) is 48.7. The van der Waals surface area contributed by atoms with Crippen molar-refractivity contribution in [2.75, 3.05) is 0 Å². The molecule has 0 aliphatic heterocycles. The third-order valence-electron chi connectivity index (χ3n) is 11.9. The second kappa shape index (κ2) is 8.81. The highest BCUT2D eigenvalue weighted by molar-refractivity contribution is 5.19. The molecule has 0 spiro atoms. The third kappa shape index (κ3) is 3.87. The van der Waals surface area contributed by atoms with Crippen LogP contribution in [0.2, 0.25) is 0 Å². The van der Waals surface area contributed by atoms with Crippen molar-refractivity contribution in [3.63, 3.8) is 0 Å². The molecule has 4 rings (SSSR count). The number of rotatable bonds is 6. The van der Waals surface area contributed by atoms with E-state index in [4.69, 9.17) is 0 Å². The molecule has 11 atom stereocenters. The van der Waals surface area contributed by atoms with E-state index in [9.17, 15) is 5.11 Å². The van der Waals surface area contributed by atoms with E-state index in [0.29, 0.717) is 22.7 Å². The first kappa shape index (κ1) is 23.8. The van der Waals surface area contributed by atoms with Gasteiger partial charge in [-0.1, -0.05) is 73.5 Å². The van der Waals surface area contributed by atoms with Crippen molar-refractivity contribution in [1.82, 2.24) is 0 Å². The number of fused-ring (bicyclic) bond motifs is 5. The van der Waals surface area contributed by atoms with Gasteiger partial charge < -0.3 is 5.11 Å². The lowest BCUT2D eigenvalue weighted by Gasteiger charge is -2.60. The lowest BCUT2D eigenvalue weighted by molar-refractivity contribution is -0.102. The van der Waals surface area contributed by atoms with Crippen LogP contribution in [0.25, 0.3) is 0 Å². The van der Waals surface area contributed by atoms with Crippen LogP contribution in [0.3, 0.4) is 0 Å². The van der Waals surface area contributed by atoms with Gasteiger partial charge >= 0.3 is 0 Å². The molecule has 0 heterocycles. The fraction of sp³-hybridized carbons (Fsp3) is 0.933. The lowest BCUT2D eigenvalue weighted by Crippen LogP contribution is -2.54. The van der Waals surface area contributed by atoms with Crippen LogP contribution in [-0.2, 0) is 0 Å². The van der Waals surface area contributed by atoms with E-state index in [1.807, 2.05) is 0 Å². The highest BCUT2D eigenvalue weighted by Crippen LogP contribution is 2.67. The SMILES string of the molecule is CCC(CCC(C)C1CCC2C3C=CC4C(C)C(O)CCC4(C)C3CCC12C)C(C)C. The number of hydrogen-bond acceptors (Lipinski definition) is 1. The molecule has 0 saturated heterocycles. The molecule has 1 N–H and O–H groups in total. The summed E-state index contributed by atoms with van der Waals surface area (Å²) in [5, 5.41) is 10.5. The quantitative estimate of drug-likeness (QED) is 0.423. The van der Waals surface area contributed by atoms with E-state index in [1.165, 1.54) is 51.4 Å². The van der Waals surface area contributed by atoms with Crippen molar-refractivity contribution in [2.24, 2.45) is 64.1 Å².